The molecular formula is C10H12Cl2N2O2. The van der Waals surface area contributed by atoms with Crippen LogP contribution in [0.4, 0.5) is 0 Å². The normalized spacial score (nSPS) is 11.5. The van der Waals surface area contributed by atoms with Crippen LogP contribution in [-0.2, 0) is 0 Å². The van der Waals surface area contributed by atoms with Crippen molar-refractivity contribution < 1.29 is 9.94 Å². The summed E-state index contributed by atoms with van der Waals surface area (Å²) in [6.45, 7) is 0.427. The van der Waals surface area contributed by atoms with Crippen LogP contribution in [0.1, 0.15) is 12.8 Å². The summed E-state index contributed by atoms with van der Waals surface area (Å²) in [6.07, 6.45) is 1.10. The summed E-state index contributed by atoms with van der Waals surface area (Å²) in [5, 5.41) is 12.2. The van der Waals surface area contributed by atoms with Crippen LogP contribution in [0.25, 0.3) is 0 Å². The average Bonchev–Trinajstić information content (AvgIpc) is 2.28. The quantitative estimate of drug-likeness (QED) is 0.282. The first kappa shape index (κ1) is 12.9. The fourth-order valence-corrected chi connectivity index (χ4v) is 1.41. The second-order valence-electron chi connectivity index (χ2n) is 3.12. The van der Waals surface area contributed by atoms with E-state index in [2.05, 4.69) is 5.16 Å². The van der Waals surface area contributed by atoms with Gasteiger partial charge in [0.1, 0.15) is 11.6 Å². The highest BCUT2D eigenvalue weighted by Gasteiger charge is 2.02. The molecule has 0 aliphatic carbocycles. The number of nitrogens with two attached hydrogens (primary N) is 1. The van der Waals surface area contributed by atoms with E-state index in [9.17, 15) is 0 Å². The molecule has 0 fully saturated rings. The maximum Gasteiger partial charge on any atom is 0.139 e. The molecule has 88 valence electrons. The second-order valence-corrected chi connectivity index (χ2v) is 3.96. The lowest BCUT2D eigenvalue weighted by atomic mass is 10.3. The molecule has 0 spiro atoms. The van der Waals surface area contributed by atoms with Crippen LogP contribution in [0.5, 0.6) is 5.75 Å². The van der Waals surface area contributed by atoms with Crippen LogP contribution in [0, 0.1) is 0 Å². The molecule has 0 heterocycles. The summed E-state index contributed by atoms with van der Waals surface area (Å²) >= 11 is 11.7. The van der Waals surface area contributed by atoms with Gasteiger partial charge in [-0.3, -0.25) is 0 Å². The average molecular weight is 263 g/mol. The molecule has 0 atom stereocenters. The molecule has 0 unspecified atom stereocenters. The fraction of sp³-hybridized carbons (Fsp3) is 0.300. The topological polar surface area (TPSA) is 67.8 Å². The fourth-order valence-electron chi connectivity index (χ4n) is 1.07. The summed E-state index contributed by atoms with van der Waals surface area (Å²) in [4.78, 5) is 0. The van der Waals surface area contributed by atoms with E-state index in [1.807, 2.05) is 0 Å². The zero-order chi connectivity index (χ0) is 12.0. The molecule has 0 aliphatic heterocycles. The highest BCUT2D eigenvalue weighted by molar-refractivity contribution is 6.34. The first-order valence-corrected chi connectivity index (χ1v) is 5.43. The first-order valence-electron chi connectivity index (χ1n) is 4.67. The van der Waals surface area contributed by atoms with Crippen molar-refractivity contribution in [2.75, 3.05) is 6.61 Å². The van der Waals surface area contributed by atoms with Gasteiger partial charge in [-0.15, -0.1) is 0 Å². The van der Waals surface area contributed by atoms with Crippen LogP contribution in [-0.4, -0.2) is 17.6 Å². The molecular weight excluding hydrogens is 251 g/mol. The summed E-state index contributed by atoms with van der Waals surface area (Å²) in [6, 6.07) is 5.00. The van der Waals surface area contributed by atoms with Crippen LogP contribution in [0.3, 0.4) is 0 Å². The number of amidine groups is 1. The van der Waals surface area contributed by atoms with Crippen LogP contribution in [0.2, 0.25) is 10.0 Å². The van der Waals surface area contributed by atoms with E-state index in [4.69, 9.17) is 38.9 Å². The first-order chi connectivity index (χ1) is 7.63. The predicted octanol–water partition coefficient (Wildman–Crippen LogP) is 2.90. The maximum atomic E-state index is 8.32. The van der Waals surface area contributed by atoms with E-state index < -0.39 is 0 Å². The second kappa shape index (κ2) is 6.45. The number of nitrogens with zero attached hydrogens (tertiary/aromatic N) is 1. The Morgan fingerprint density at radius 3 is 2.88 bits per heavy atom. The van der Waals surface area contributed by atoms with Crippen LogP contribution < -0.4 is 10.5 Å². The number of hydrogen-bond acceptors (Lipinski definition) is 3. The number of hydrogen-bond donors (Lipinski definition) is 2. The SMILES string of the molecule is N/C(CCCOc1cc(Cl)ccc1Cl)=N\O. The Labute approximate surface area is 104 Å². The van der Waals surface area contributed by atoms with E-state index in [1.54, 1.807) is 18.2 Å². The number of halogens is 2. The standard InChI is InChI=1S/C10H12Cl2N2O2/c11-7-3-4-8(12)9(6-7)16-5-1-2-10(13)14-15/h3-4,6,15H,1-2,5H2,(H2,13,14). The minimum absolute atomic E-state index is 0.181. The Hall–Kier alpha value is -1.13. The molecule has 1 aromatic carbocycles. The molecule has 0 radical (unpaired) electrons. The van der Waals surface area contributed by atoms with Gasteiger partial charge in [0.2, 0.25) is 0 Å². The smallest absolute Gasteiger partial charge is 0.139 e. The lowest BCUT2D eigenvalue weighted by Gasteiger charge is -2.07. The van der Waals surface area contributed by atoms with Gasteiger partial charge < -0.3 is 15.7 Å². The van der Waals surface area contributed by atoms with Crippen molar-refractivity contribution in [1.82, 2.24) is 0 Å². The summed E-state index contributed by atoms with van der Waals surface area (Å²) < 4.78 is 5.40. The molecule has 0 aromatic heterocycles. The van der Waals surface area contributed by atoms with Gasteiger partial charge in [0.05, 0.1) is 11.6 Å². The molecule has 4 nitrogen and oxygen atoms in total. The minimum Gasteiger partial charge on any atom is -0.492 e. The minimum atomic E-state index is 0.181. The summed E-state index contributed by atoms with van der Waals surface area (Å²) in [5.74, 6) is 0.717. The Kier molecular flexibility index (Phi) is 5.22. The third kappa shape index (κ3) is 4.16. The van der Waals surface area contributed by atoms with E-state index in [-0.39, 0.29) is 5.84 Å². The monoisotopic (exact) mass is 262 g/mol. The van der Waals surface area contributed by atoms with Gasteiger partial charge in [0.15, 0.2) is 0 Å². The number of oxime groups is 1. The number of benzene rings is 1. The predicted molar refractivity (Wildman–Crippen MR) is 64.6 cm³/mol. The van der Waals surface area contributed by atoms with Crippen LogP contribution in [0.15, 0.2) is 23.4 Å². The Bertz CT molecular complexity index is 383. The van der Waals surface area contributed by atoms with Gasteiger partial charge in [0.25, 0.3) is 0 Å². The van der Waals surface area contributed by atoms with Gasteiger partial charge in [0, 0.05) is 17.5 Å². The third-order valence-corrected chi connectivity index (χ3v) is 2.40. The van der Waals surface area contributed by atoms with Crippen molar-refractivity contribution in [1.29, 1.82) is 0 Å². The molecule has 1 rings (SSSR count). The maximum absolute atomic E-state index is 8.32. The van der Waals surface area contributed by atoms with Gasteiger partial charge in [-0.05, 0) is 18.6 Å². The third-order valence-electron chi connectivity index (χ3n) is 1.86. The highest BCUT2D eigenvalue weighted by Crippen LogP contribution is 2.27. The van der Waals surface area contributed by atoms with Gasteiger partial charge >= 0.3 is 0 Å². The lowest BCUT2D eigenvalue weighted by molar-refractivity contribution is 0.305. The highest BCUT2D eigenvalue weighted by atomic mass is 35.5. The van der Waals surface area contributed by atoms with Gasteiger partial charge in [-0.2, -0.15) is 0 Å². The van der Waals surface area contributed by atoms with Crippen molar-refractivity contribution in [3.05, 3.63) is 28.2 Å². The molecule has 16 heavy (non-hydrogen) atoms. The molecule has 0 bridgehead atoms. The van der Waals surface area contributed by atoms with Crippen molar-refractivity contribution in [3.63, 3.8) is 0 Å². The summed E-state index contributed by atoms with van der Waals surface area (Å²) in [5.41, 5.74) is 5.30. The lowest BCUT2D eigenvalue weighted by Crippen LogP contribution is -2.12. The van der Waals surface area contributed by atoms with Gasteiger partial charge in [-0.1, -0.05) is 28.4 Å². The van der Waals surface area contributed by atoms with Crippen molar-refractivity contribution in [2.45, 2.75) is 12.8 Å². The molecule has 1 aromatic rings. The molecule has 3 N–H and O–H groups in total. The molecule has 0 saturated carbocycles. The largest absolute Gasteiger partial charge is 0.492 e. The summed E-state index contributed by atoms with van der Waals surface area (Å²) in [7, 11) is 0. The number of ether oxygens (including phenoxy) is 1. The Balaban J connectivity index is 2.40. The molecule has 0 saturated heterocycles. The molecule has 0 amide bonds. The van der Waals surface area contributed by atoms with Gasteiger partial charge in [-0.25, -0.2) is 0 Å². The zero-order valence-electron chi connectivity index (χ0n) is 8.49. The Morgan fingerprint density at radius 1 is 1.44 bits per heavy atom. The van der Waals surface area contributed by atoms with Crippen LogP contribution >= 0.6 is 23.2 Å². The van der Waals surface area contributed by atoms with Crippen molar-refractivity contribution >= 4 is 29.0 Å². The number of rotatable bonds is 5. The van der Waals surface area contributed by atoms with E-state index in [0.29, 0.717) is 35.2 Å². The van der Waals surface area contributed by atoms with E-state index in [0.717, 1.165) is 0 Å². The Morgan fingerprint density at radius 2 is 2.19 bits per heavy atom. The zero-order valence-corrected chi connectivity index (χ0v) is 10.0. The molecule has 0 aliphatic rings. The van der Waals surface area contributed by atoms with E-state index in [1.165, 1.54) is 0 Å². The molecule has 6 heteroatoms. The van der Waals surface area contributed by atoms with E-state index >= 15 is 0 Å². The van der Waals surface area contributed by atoms with Crippen molar-refractivity contribution in [2.24, 2.45) is 10.9 Å². The van der Waals surface area contributed by atoms with Crippen molar-refractivity contribution in [3.8, 4) is 5.75 Å².